The van der Waals surface area contributed by atoms with Crippen LogP contribution in [0.4, 0.5) is 4.39 Å². The van der Waals surface area contributed by atoms with E-state index in [1.54, 1.807) is 24.3 Å². The van der Waals surface area contributed by atoms with Gasteiger partial charge in [-0.2, -0.15) is 5.26 Å². The molecule has 118 valence electrons. The maximum Gasteiger partial charge on any atom is 0.221 e. The molecule has 2 rings (SSSR count). The predicted molar refractivity (Wildman–Crippen MR) is 87.7 cm³/mol. The number of benzene rings is 2. The van der Waals surface area contributed by atoms with E-state index >= 15 is 0 Å². The summed E-state index contributed by atoms with van der Waals surface area (Å²) in [7, 11) is 0. The highest BCUT2D eigenvalue weighted by Crippen LogP contribution is 2.26. The molecule has 0 saturated carbocycles. The minimum atomic E-state index is -1.03. The number of hydrogen-bond acceptors (Lipinski definition) is 2. The van der Waals surface area contributed by atoms with E-state index in [9.17, 15) is 9.18 Å². The lowest BCUT2D eigenvalue weighted by Gasteiger charge is -2.13. The summed E-state index contributed by atoms with van der Waals surface area (Å²) in [6.07, 6.45) is 0.493. The first-order valence-electron chi connectivity index (χ1n) is 6.89. The molecule has 0 saturated heterocycles. The van der Waals surface area contributed by atoms with Gasteiger partial charge in [0.1, 0.15) is 11.9 Å². The van der Waals surface area contributed by atoms with Crippen molar-refractivity contribution in [3.63, 3.8) is 0 Å². The van der Waals surface area contributed by atoms with Crippen molar-refractivity contribution in [1.29, 1.82) is 5.26 Å². The molecule has 0 aliphatic heterocycles. The number of nitrogens with one attached hydrogen (secondary N) is 1. The molecule has 0 fully saturated rings. The average molecular weight is 351 g/mol. The molecule has 0 radical (unpaired) electrons. The Morgan fingerprint density at radius 2 is 1.96 bits per heavy atom. The monoisotopic (exact) mass is 350 g/mol. The molecule has 3 nitrogen and oxygen atoms in total. The molecule has 0 bridgehead atoms. The fraction of sp³-hybridized carbons (Fsp3) is 0.176. The van der Waals surface area contributed by atoms with Crippen molar-refractivity contribution >= 4 is 29.1 Å². The van der Waals surface area contributed by atoms with Crippen LogP contribution in [0.1, 0.15) is 23.6 Å². The maximum absolute atomic E-state index is 13.7. The van der Waals surface area contributed by atoms with Crippen LogP contribution in [-0.4, -0.2) is 5.91 Å². The zero-order chi connectivity index (χ0) is 16.8. The largest absolute Gasteiger partial charge is 0.337 e. The Labute approximate surface area is 143 Å². The van der Waals surface area contributed by atoms with E-state index in [0.717, 1.165) is 5.56 Å². The summed E-state index contributed by atoms with van der Waals surface area (Å²) in [5, 5.41) is 12.5. The number of amides is 1. The molecule has 1 atom stereocenters. The standard InChI is InChI=1S/C17H13Cl2FN2O/c18-13-6-3-4-11(17(13)19)8-9-16(23)22-15(10-21)12-5-1-2-7-14(12)20/h1-7,15H,8-9H2,(H,22,23). The van der Waals surface area contributed by atoms with Gasteiger partial charge in [0.05, 0.1) is 16.1 Å². The number of carbonyl (C=O) groups is 1. The van der Waals surface area contributed by atoms with Gasteiger partial charge in [0.25, 0.3) is 0 Å². The zero-order valence-corrected chi connectivity index (χ0v) is 13.5. The van der Waals surface area contributed by atoms with E-state index in [0.29, 0.717) is 16.5 Å². The number of halogens is 3. The molecule has 6 heteroatoms. The lowest BCUT2D eigenvalue weighted by molar-refractivity contribution is -0.121. The second-order valence-electron chi connectivity index (χ2n) is 4.86. The van der Waals surface area contributed by atoms with Crippen LogP contribution in [-0.2, 0) is 11.2 Å². The molecular weight excluding hydrogens is 338 g/mol. The van der Waals surface area contributed by atoms with Gasteiger partial charge in [0, 0.05) is 12.0 Å². The van der Waals surface area contributed by atoms with Crippen molar-refractivity contribution in [2.24, 2.45) is 0 Å². The van der Waals surface area contributed by atoms with Gasteiger partial charge < -0.3 is 5.32 Å². The van der Waals surface area contributed by atoms with Crippen molar-refractivity contribution in [3.05, 3.63) is 69.5 Å². The smallest absolute Gasteiger partial charge is 0.221 e. The Morgan fingerprint density at radius 1 is 1.22 bits per heavy atom. The third kappa shape index (κ3) is 4.44. The Morgan fingerprint density at radius 3 is 2.65 bits per heavy atom. The van der Waals surface area contributed by atoms with Crippen molar-refractivity contribution in [2.75, 3.05) is 0 Å². The van der Waals surface area contributed by atoms with Gasteiger partial charge in [-0.25, -0.2) is 4.39 Å². The highest BCUT2D eigenvalue weighted by Gasteiger charge is 2.17. The molecule has 0 aliphatic rings. The fourth-order valence-corrected chi connectivity index (χ4v) is 2.53. The van der Waals surface area contributed by atoms with Crippen molar-refractivity contribution in [3.8, 4) is 6.07 Å². The summed E-state index contributed by atoms with van der Waals surface area (Å²) in [6, 6.07) is 11.9. The van der Waals surface area contributed by atoms with Crippen molar-refractivity contribution in [2.45, 2.75) is 18.9 Å². The molecule has 2 aromatic rings. The van der Waals surface area contributed by atoms with Crippen LogP contribution in [0.15, 0.2) is 42.5 Å². The van der Waals surface area contributed by atoms with Gasteiger partial charge in [-0.15, -0.1) is 0 Å². The van der Waals surface area contributed by atoms with Crippen LogP contribution in [0.25, 0.3) is 0 Å². The fourth-order valence-electron chi connectivity index (χ4n) is 2.11. The highest BCUT2D eigenvalue weighted by atomic mass is 35.5. The minimum Gasteiger partial charge on any atom is -0.337 e. The van der Waals surface area contributed by atoms with Crippen molar-refractivity contribution < 1.29 is 9.18 Å². The predicted octanol–water partition coefficient (Wildman–Crippen LogP) is 4.45. The zero-order valence-electron chi connectivity index (χ0n) is 12.0. The molecule has 23 heavy (non-hydrogen) atoms. The summed E-state index contributed by atoms with van der Waals surface area (Å²) >= 11 is 12.0. The van der Waals surface area contributed by atoms with Crippen LogP contribution in [0.2, 0.25) is 10.0 Å². The molecule has 1 amide bonds. The number of rotatable bonds is 5. The third-order valence-electron chi connectivity index (χ3n) is 3.30. The quantitative estimate of drug-likeness (QED) is 0.866. The molecule has 0 heterocycles. The van der Waals surface area contributed by atoms with E-state index < -0.39 is 11.9 Å². The van der Waals surface area contributed by atoms with E-state index in [-0.39, 0.29) is 17.9 Å². The van der Waals surface area contributed by atoms with Gasteiger partial charge >= 0.3 is 0 Å². The number of carbonyl (C=O) groups excluding carboxylic acids is 1. The normalized spacial score (nSPS) is 11.6. The van der Waals surface area contributed by atoms with Gasteiger partial charge in [-0.1, -0.05) is 53.5 Å². The second-order valence-corrected chi connectivity index (χ2v) is 5.65. The lowest BCUT2D eigenvalue weighted by Crippen LogP contribution is -2.28. The Balaban J connectivity index is 2.00. The van der Waals surface area contributed by atoms with Crippen LogP contribution in [0, 0.1) is 17.1 Å². The van der Waals surface area contributed by atoms with Crippen LogP contribution in [0.3, 0.4) is 0 Å². The van der Waals surface area contributed by atoms with Crippen molar-refractivity contribution in [1.82, 2.24) is 5.32 Å². The Bertz CT molecular complexity index is 758. The summed E-state index contributed by atoms with van der Waals surface area (Å²) in [5.41, 5.74) is 0.887. The lowest BCUT2D eigenvalue weighted by atomic mass is 10.1. The topological polar surface area (TPSA) is 52.9 Å². The van der Waals surface area contributed by atoms with Gasteiger partial charge in [-0.05, 0) is 24.1 Å². The third-order valence-corrected chi connectivity index (χ3v) is 4.16. The summed E-state index contributed by atoms with van der Waals surface area (Å²) < 4.78 is 13.7. The Hall–Kier alpha value is -2.09. The molecule has 0 aliphatic carbocycles. The average Bonchev–Trinajstić information content (AvgIpc) is 2.55. The van der Waals surface area contributed by atoms with Crippen LogP contribution >= 0.6 is 23.2 Å². The summed E-state index contributed by atoms with van der Waals surface area (Å²) in [5.74, 6) is -0.895. The summed E-state index contributed by atoms with van der Waals surface area (Å²) in [4.78, 5) is 12.0. The van der Waals surface area contributed by atoms with Crippen LogP contribution in [0.5, 0.6) is 0 Å². The second kappa shape index (κ2) is 7.96. The first-order valence-corrected chi connectivity index (χ1v) is 7.65. The molecular formula is C17H13Cl2FN2O. The van der Waals surface area contributed by atoms with Gasteiger partial charge in [-0.3, -0.25) is 4.79 Å². The highest BCUT2D eigenvalue weighted by molar-refractivity contribution is 6.42. The van der Waals surface area contributed by atoms with Gasteiger partial charge in [0.2, 0.25) is 5.91 Å². The number of hydrogen-bond donors (Lipinski definition) is 1. The molecule has 0 spiro atoms. The summed E-state index contributed by atoms with van der Waals surface area (Å²) in [6.45, 7) is 0. The van der Waals surface area contributed by atoms with E-state index in [1.165, 1.54) is 18.2 Å². The number of aryl methyl sites for hydroxylation is 1. The number of nitriles is 1. The van der Waals surface area contributed by atoms with Gasteiger partial charge in [0.15, 0.2) is 0 Å². The molecule has 1 unspecified atom stereocenters. The molecule has 2 aromatic carbocycles. The molecule has 0 aromatic heterocycles. The van der Waals surface area contributed by atoms with E-state index in [2.05, 4.69) is 5.32 Å². The Kier molecular flexibility index (Phi) is 5.97. The van der Waals surface area contributed by atoms with E-state index in [4.69, 9.17) is 28.5 Å². The first-order chi connectivity index (χ1) is 11.0. The first kappa shape index (κ1) is 17.3. The van der Waals surface area contributed by atoms with Crippen LogP contribution < -0.4 is 5.32 Å². The minimum absolute atomic E-state index is 0.118. The SMILES string of the molecule is N#CC(NC(=O)CCc1cccc(Cl)c1Cl)c1ccccc1F. The maximum atomic E-state index is 13.7. The molecule has 1 N–H and O–H groups in total. The number of nitrogens with zero attached hydrogens (tertiary/aromatic N) is 1. The van der Waals surface area contributed by atoms with E-state index in [1.807, 2.05) is 6.07 Å².